The Labute approximate surface area is 161 Å². The molecular formula is C22H26ClNO2. The Morgan fingerprint density at radius 2 is 1.46 bits per heavy atom. The Morgan fingerprint density at radius 3 is 2.12 bits per heavy atom. The standard InChI is InChI=1S/C22H25NO2.ClH/c24-21-15-19-9-5-4-8-18(19)14-20(21)23-12-10-17(11-13-23)22(25)16-6-2-1-3-7-16;/h1-9,17,20-21,24H,10-15H2;1H/t20-,21-;/m1./s1. The van der Waals surface area contributed by atoms with Gasteiger partial charge in [0.2, 0.25) is 0 Å². The number of benzene rings is 2. The first kappa shape index (κ1) is 19.1. The molecule has 26 heavy (non-hydrogen) atoms. The lowest BCUT2D eigenvalue weighted by Gasteiger charge is -2.41. The first-order valence-electron chi connectivity index (χ1n) is 9.30. The maximum Gasteiger partial charge on any atom is 0.166 e. The Morgan fingerprint density at radius 1 is 0.885 bits per heavy atom. The van der Waals surface area contributed by atoms with Crippen molar-refractivity contribution in [3.8, 4) is 0 Å². The van der Waals surface area contributed by atoms with Gasteiger partial charge in [0.1, 0.15) is 0 Å². The predicted octanol–water partition coefficient (Wildman–Crippen LogP) is 3.53. The minimum Gasteiger partial charge on any atom is -0.391 e. The van der Waals surface area contributed by atoms with E-state index in [9.17, 15) is 9.90 Å². The molecule has 1 heterocycles. The molecule has 0 saturated carbocycles. The predicted molar refractivity (Wildman–Crippen MR) is 106 cm³/mol. The minimum absolute atomic E-state index is 0. The van der Waals surface area contributed by atoms with Crippen LogP contribution in [0.5, 0.6) is 0 Å². The number of carbonyl (C=O) groups is 1. The highest BCUT2D eigenvalue weighted by atomic mass is 35.5. The second kappa shape index (κ2) is 8.34. The number of nitrogens with zero attached hydrogens (tertiary/aromatic N) is 1. The zero-order chi connectivity index (χ0) is 17.2. The molecule has 0 unspecified atom stereocenters. The summed E-state index contributed by atoms with van der Waals surface area (Å²) >= 11 is 0. The Hall–Kier alpha value is -1.68. The van der Waals surface area contributed by atoms with Crippen LogP contribution < -0.4 is 0 Å². The lowest BCUT2D eigenvalue weighted by Crippen LogP contribution is -2.51. The lowest BCUT2D eigenvalue weighted by atomic mass is 9.83. The molecule has 0 spiro atoms. The molecule has 2 atom stereocenters. The van der Waals surface area contributed by atoms with Crippen molar-refractivity contribution < 1.29 is 9.90 Å². The number of aliphatic hydroxyl groups is 1. The molecule has 0 radical (unpaired) electrons. The third-order valence-electron chi connectivity index (χ3n) is 5.85. The number of rotatable bonds is 3. The van der Waals surface area contributed by atoms with E-state index in [0.717, 1.165) is 44.3 Å². The van der Waals surface area contributed by atoms with Crippen molar-refractivity contribution >= 4 is 18.2 Å². The molecule has 1 N–H and O–H groups in total. The van der Waals surface area contributed by atoms with E-state index in [4.69, 9.17) is 0 Å². The number of Topliss-reactive ketones (excluding diaryl/α,β-unsaturated/α-hetero) is 1. The highest BCUT2D eigenvalue weighted by Crippen LogP contribution is 2.29. The van der Waals surface area contributed by atoms with Crippen molar-refractivity contribution in [1.29, 1.82) is 0 Å². The molecule has 1 saturated heterocycles. The average molecular weight is 372 g/mol. The quantitative estimate of drug-likeness (QED) is 0.839. The Bertz CT molecular complexity index is 741. The fraction of sp³-hybridized carbons (Fsp3) is 0.409. The van der Waals surface area contributed by atoms with Crippen molar-refractivity contribution in [2.45, 2.75) is 37.8 Å². The van der Waals surface area contributed by atoms with Gasteiger partial charge in [0.15, 0.2) is 5.78 Å². The summed E-state index contributed by atoms with van der Waals surface area (Å²) in [5, 5.41) is 10.6. The fourth-order valence-electron chi connectivity index (χ4n) is 4.38. The summed E-state index contributed by atoms with van der Waals surface area (Å²) in [6.45, 7) is 1.79. The SMILES string of the molecule is Cl.O=C(c1ccccc1)C1CCN([C@@H]2Cc3ccccc3C[C@H]2O)CC1. The number of piperidine rings is 1. The second-order valence-corrected chi connectivity index (χ2v) is 7.35. The lowest BCUT2D eigenvalue weighted by molar-refractivity contribution is 0.0239. The van der Waals surface area contributed by atoms with Gasteiger partial charge in [-0.15, -0.1) is 12.4 Å². The van der Waals surface area contributed by atoms with Crippen molar-refractivity contribution in [1.82, 2.24) is 4.90 Å². The third kappa shape index (κ3) is 3.85. The van der Waals surface area contributed by atoms with Crippen LogP contribution in [0.25, 0.3) is 0 Å². The summed E-state index contributed by atoms with van der Waals surface area (Å²) in [5.41, 5.74) is 3.47. The van der Waals surface area contributed by atoms with Crippen molar-refractivity contribution in [2.24, 2.45) is 5.92 Å². The first-order chi connectivity index (χ1) is 12.2. The Balaban J connectivity index is 0.00000196. The van der Waals surface area contributed by atoms with Crippen molar-refractivity contribution in [2.75, 3.05) is 13.1 Å². The van der Waals surface area contributed by atoms with Gasteiger partial charge in [0.05, 0.1) is 6.10 Å². The van der Waals surface area contributed by atoms with Gasteiger partial charge < -0.3 is 5.11 Å². The van der Waals surface area contributed by atoms with Gasteiger partial charge in [-0.2, -0.15) is 0 Å². The van der Waals surface area contributed by atoms with Gasteiger partial charge in [0, 0.05) is 23.9 Å². The van der Waals surface area contributed by atoms with Gasteiger partial charge in [-0.05, 0) is 43.5 Å². The molecule has 1 aliphatic carbocycles. The normalized spacial score (nSPS) is 23.7. The molecule has 2 aliphatic rings. The highest BCUT2D eigenvalue weighted by molar-refractivity contribution is 5.97. The second-order valence-electron chi connectivity index (χ2n) is 7.35. The first-order valence-corrected chi connectivity index (χ1v) is 9.30. The summed E-state index contributed by atoms with van der Waals surface area (Å²) in [4.78, 5) is 15.0. The maximum atomic E-state index is 12.6. The van der Waals surface area contributed by atoms with Gasteiger partial charge in [-0.1, -0.05) is 54.6 Å². The number of fused-ring (bicyclic) bond motifs is 1. The minimum atomic E-state index is -0.309. The molecule has 1 aliphatic heterocycles. The van der Waals surface area contributed by atoms with Crippen LogP contribution >= 0.6 is 12.4 Å². The molecule has 0 bridgehead atoms. The summed E-state index contributed by atoms with van der Waals surface area (Å²) in [6.07, 6.45) is 3.12. The molecule has 1 fully saturated rings. The van der Waals surface area contributed by atoms with Crippen LogP contribution in [-0.2, 0) is 12.8 Å². The largest absolute Gasteiger partial charge is 0.391 e. The van der Waals surface area contributed by atoms with Crippen LogP contribution in [0.2, 0.25) is 0 Å². The van der Waals surface area contributed by atoms with E-state index in [-0.39, 0.29) is 36.3 Å². The van der Waals surface area contributed by atoms with Gasteiger partial charge >= 0.3 is 0 Å². The highest BCUT2D eigenvalue weighted by Gasteiger charge is 2.35. The van der Waals surface area contributed by atoms with Crippen molar-refractivity contribution in [3.05, 3.63) is 71.3 Å². The number of halogens is 1. The average Bonchev–Trinajstić information content (AvgIpc) is 2.68. The molecule has 3 nitrogen and oxygen atoms in total. The van der Waals surface area contributed by atoms with E-state index in [1.807, 2.05) is 36.4 Å². The van der Waals surface area contributed by atoms with E-state index in [1.54, 1.807) is 0 Å². The van der Waals surface area contributed by atoms with E-state index in [0.29, 0.717) is 0 Å². The van der Waals surface area contributed by atoms with E-state index < -0.39 is 0 Å². The van der Waals surface area contributed by atoms with Crippen LogP contribution in [-0.4, -0.2) is 41.0 Å². The van der Waals surface area contributed by atoms with E-state index in [1.165, 1.54) is 11.1 Å². The summed E-state index contributed by atoms with van der Waals surface area (Å²) < 4.78 is 0. The number of hydrogen-bond acceptors (Lipinski definition) is 3. The summed E-state index contributed by atoms with van der Waals surface area (Å²) in [7, 11) is 0. The summed E-state index contributed by atoms with van der Waals surface area (Å²) in [5.74, 6) is 0.390. The molecule has 4 heteroatoms. The van der Waals surface area contributed by atoms with Gasteiger partial charge in [-0.3, -0.25) is 9.69 Å². The van der Waals surface area contributed by atoms with Crippen molar-refractivity contribution in [3.63, 3.8) is 0 Å². The number of carbonyl (C=O) groups excluding carboxylic acids is 1. The molecule has 2 aromatic carbocycles. The van der Waals surface area contributed by atoms with Gasteiger partial charge in [0.25, 0.3) is 0 Å². The molecule has 138 valence electrons. The smallest absolute Gasteiger partial charge is 0.166 e. The van der Waals surface area contributed by atoms with Crippen LogP contribution in [0.3, 0.4) is 0 Å². The van der Waals surface area contributed by atoms with E-state index in [2.05, 4.69) is 23.1 Å². The third-order valence-corrected chi connectivity index (χ3v) is 5.85. The molecule has 0 aromatic heterocycles. The Kier molecular flexibility index (Phi) is 6.13. The monoisotopic (exact) mass is 371 g/mol. The number of aliphatic hydroxyl groups excluding tert-OH is 1. The van der Waals surface area contributed by atoms with Crippen LogP contribution in [0.15, 0.2) is 54.6 Å². The zero-order valence-corrected chi connectivity index (χ0v) is 15.7. The topological polar surface area (TPSA) is 40.5 Å². The molecule has 4 rings (SSSR count). The zero-order valence-electron chi connectivity index (χ0n) is 14.9. The maximum absolute atomic E-state index is 12.6. The fourth-order valence-corrected chi connectivity index (χ4v) is 4.38. The summed E-state index contributed by atoms with van der Waals surface area (Å²) in [6, 6.07) is 18.2. The number of ketones is 1. The van der Waals surface area contributed by atoms with E-state index >= 15 is 0 Å². The molecule has 2 aromatic rings. The number of likely N-dealkylation sites (tertiary alicyclic amines) is 1. The van der Waals surface area contributed by atoms with Crippen LogP contribution in [0.4, 0.5) is 0 Å². The van der Waals surface area contributed by atoms with Gasteiger partial charge in [-0.25, -0.2) is 0 Å². The van der Waals surface area contributed by atoms with Crippen LogP contribution in [0, 0.1) is 5.92 Å². The molecule has 0 amide bonds. The van der Waals surface area contributed by atoms with Crippen LogP contribution in [0.1, 0.15) is 34.3 Å². The number of hydrogen-bond donors (Lipinski definition) is 1. The molecular weight excluding hydrogens is 346 g/mol.